The minimum absolute atomic E-state index is 0.384. The zero-order valence-corrected chi connectivity index (χ0v) is 11.6. The Kier molecular flexibility index (Phi) is 3.87. The smallest absolute Gasteiger partial charge is 0.171 e. The molecule has 0 amide bonds. The molecule has 0 fully saturated rings. The summed E-state index contributed by atoms with van der Waals surface area (Å²) in [6.45, 7) is 1.93. The average Bonchev–Trinajstić information content (AvgIpc) is 2.49. The first-order valence-electron chi connectivity index (χ1n) is 6.42. The summed E-state index contributed by atoms with van der Waals surface area (Å²) in [4.78, 5) is 8.10. The van der Waals surface area contributed by atoms with E-state index in [1.54, 1.807) is 12.4 Å². The highest BCUT2D eigenvalue weighted by Gasteiger charge is 2.11. The molecule has 0 aliphatic carbocycles. The molecule has 0 saturated carbocycles. The van der Waals surface area contributed by atoms with Gasteiger partial charge >= 0.3 is 0 Å². The molecule has 104 valence electrons. The van der Waals surface area contributed by atoms with Gasteiger partial charge in [0.25, 0.3) is 0 Å². The molecule has 1 N–H and O–H groups in total. The van der Waals surface area contributed by atoms with Gasteiger partial charge in [-0.1, -0.05) is 17.7 Å². The first-order chi connectivity index (χ1) is 9.83. The molecule has 2 heterocycles. The second kappa shape index (κ2) is 5.96. The van der Waals surface area contributed by atoms with E-state index in [0.29, 0.717) is 24.2 Å². The lowest BCUT2D eigenvalue weighted by Gasteiger charge is -2.18. The van der Waals surface area contributed by atoms with Crippen LogP contribution in [0, 0.1) is 0 Å². The van der Waals surface area contributed by atoms with Gasteiger partial charge in [-0.2, -0.15) is 0 Å². The van der Waals surface area contributed by atoms with Crippen LogP contribution in [0.2, 0.25) is 5.15 Å². The third-order valence-electron chi connectivity index (χ3n) is 2.97. The largest absolute Gasteiger partial charge is 0.486 e. The van der Waals surface area contributed by atoms with Crippen LogP contribution in [0.1, 0.15) is 5.56 Å². The summed E-state index contributed by atoms with van der Waals surface area (Å²) < 4.78 is 11.1. The summed E-state index contributed by atoms with van der Waals surface area (Å²) >= 11 is 5.93. The van der Waals surface area contributed by atoms with Crippen LogP contribution in [0.15, 0.2) is 30.6 Å². The maximum absolute atomic E-state index is 5.93. The first kappa shape index (κ1) is 13.0. The van der Waals surface area contributed by atoms with Gasteiger partial charge in [0.2, 0.25) is 0 Å². The standard InChI is InChI=1S/C14H14ClN3O2/c15-13-14(18-6-5-16-13)17-4-3-10-1-2-11-12(9-10)20-8-7-19-11/h1-2,5-6,9H,3-4,7-8H2,(H,17,18). The van der Waals surface area contributed by atoms with E-state index < -0.39 is 0 Å². The third kappa shape index (κ3) is 2.93. The van der Waals surface area contributed by atoms with E-state index in [1.807, 2.05) is 18.2 Å². The molecule has 1 aromatic carbocycles. The van der Waals surface area contributed by atoms with Gasteiger partial charge in [-0.15, -0.1) is 0 Å². The molecule has 0 unspecified atom stereocenters. The number of nitrogens with zero attached hydrogens (tertiary/aromatic N) is 2. The van der Waals surface area contributed by atoms with Crippen molar-refractivity contribution in [1.82, 2.24) is 9.97 Å². The molecule has 1 aliphatic rings. The Balaban J connectivity index is 1.60. The highest BCUT2D eigenvalue weighted by molar-refractivity contribution is 6.31. The summed E-state index contributed by atoms with van der Waals surface area (Å²) in [5.41, 5.74) is 1.17. The Morgan fingerprint density at radius 1 is 1.10 bits per heavy atom. The number of nitrogens with one attached hydrogen (secondary N) is 1. The van der Waals surface area contributed by atoms with Gasteiger partial charge in [0, 0.05) is 18.9 Å². The van der Waals surface area contributed by atoms with Crippen molar-refractivity contribution in [2.45, 2.75) is 6.42 Å². The lowest BCUT2D eigenvalue weighted by atomic mass is 10.1. The fraction of sp³-hybridized carbons (Fsp3) is 0.286. The monoisotopic (exact) mass is 291 g/mol. The molecule has 0 radical (unpaired) electrons. The van der Waals surface area contributed by atoms with Crippen LogP contribution < -0.4 is 14.8 Å². The van der Waals surface area contributed by atoms with E-state index in [4.69, 9.17) is 21.1 Å². The number of halogens is 1. The summed E-state index contributed by atoms with van der Waals surface area (Å²) in [7, 11) is 0. The van der Waals surface area contributed by atoms with Gasteiger partial charge in [0.05, 0.1) is 0 Å². The zero-order valence-electron chi connectivity index (χ0n) is 10.8. The molecule has 5 nitrogen and oxygen atoms in total. The maximum atomic E-state index is 5.93. The molecule has 20 heavy (non-hydrogen) atoms. The number of hydrogen-bond acceptors (Lipinski definition) is 5. The Hall–Kier alpha value is -2.01. The van der Waals surface area contributed by atoms with Gasteiger partial charge < -0.3 is 14.8 Å². The van der Waals surface area contributed by atoms with E-state index in [2.05, 4.69) is 15.3 Å². The molecule has 1 aromatic heterocycles. The number of ether oxygens (including phenoxy) is 2. The number of rotatable bonds is 4. The lowest BCUT2D eigenvalue weighted by molar-refractivity contribution is 0.171. The van der Waals surface area contributed by atoms with Crippen molar-refractivity contribution in [3.8, 4) is 11.5 Å². The van der Waals surface area contributed by atoms with Gasteiger partial charge in [0.1, 0.15) is 13.2 Å². The Bertz CT molecular complexity index is 607. The van der Waals surface area contributed by atoms with Crippen LogP contribution in [-0.4, -0.2) is 29.7 Å². The SMILES string of the molecule is Clc1nccnc1NCCc1ccc2c(c1)OCCO2. The van der Waals surface area contributed by atoms with Crippen molar-refractivity contribution in [3.05, 3.63) is 41.3 Å². The zero-order chi connectivity index (χ0) is 13.8. The number of benzene rings is 1. The second-order valence-electron chi connectivity index (χ2n) is 4.35. The van der Waals surface area contributed by atoms with E-state index >= 15 is 0 Å². The third-order valence-corrected chi connectivity index (χ3v) is 3.24. The molecule has 2 aromatic rings. The summed E-state index contributed by atoms with van der Waals surface area (Å²) in [5, 5.41) is 3.55. The van der Waals surface area contributed by atoms with Crippen LogP contribution in [-0.2, 0) is 6.42 Å². The molecule has 0 bridgehead atoms. The molecule has 3 rings (SSSR count). The van der Waals surface area contributed by atoms with Crippen LogP contribution >= 0.6 is 11.6 Å². The van der Waals surface area contributed by atoms with E-state index in [-0.39, 0.29) is 0 Å². The van der Waals surface area contributed by atoms with Crippen LogP contribution in [0.5, 0.6) is 11.5 Å². The Morgan fingerprint density at radius 3 is 2.75 bits per heavy atom. The summed E-state index contributed by atoms with van der Waals surface area (Å²) in [6.07, 6.45) is 4.01. The highest BCUT2D eigenvalue weighted by atomic mass is 35.5. The molecular weight excluding hydrogens is 278 g/mol. The molecular formula is C14H14ClN3O2. The summed E-state index contributed by atoms with van der Waals surface area (Å²) in [5.74, 6) is 2.22. The Morgan fingerprint density at radius 2 is 1.90 bits per heavy atom. The molecule has 0 spiro atoms. The van der Waals surface area contributed by atoms with Gasteiger partial charge in [-0.25, -0.2) is 9.97 Å². The van der Waals surface area contributed by atoms with Crippen molar-refractivity contribution in [2.24, 2.45) is 0 Å². The van der Waals surface area contributed by atoms with Crippen molar-refractivity contribution in [2.75, 3.05) is 25.1 Å². The lowest BCUT2D eigenvalue weighted by Crippen LogP contribution is -2.15. The molecule has 0 saturated heterocycles. The number of fused-ring (bicyclic) bond motifs is 1. The fourth-order valence-corrected chi connectivity index (χ4v) is 2.18. The van der Waals surface area contributed by atoms with Crippen molar-refractivity contribution in [1.29, 1.82) is 0 Å². The predicted molar refractivity (Wildman–Crippen MR) is 76.7 cm³/mol. The second-order valence-corrected chi connectivity index (χ2v) is 4.71. The minimum atomic E-state index is 0.384. The topological polar surface area (TPSA) is 56.3 Å². The van der Waals surface area contributed by atoms with Gasteiger partial charge in [-0.3, -0.25) is 0 Å². The normalized spacial score (nSPS) is 13.1. The first-order valence-corrected chi connectivity index (χ1v) is 6.79. The highest BCUT2D eigenvalue weighted by Crippen LogP contribution is 2.30. The maximum Gasteiger partial charge on any atom is 0.171 e. The van der Waals surface area contributed by atoms with Crippen LogP contribution in [0.3, 0.4) is 0 Å². The van der Waals surface area contributed by atoms with E-state index in [1.165, 1.54) is 5.56 Å². The number of aromatic nitrogens is 2. The van der Waals surface area contributed by atoms with Crippen LogP contribution in [0.25, 0.3) is 0 Å². The number of anilines is 1. The van der Waals surface area contributed by atoms with Crippen LogP contribution in [0.4, 0.5) is 5.82 Å². The van der Waals surface area contributed by atoms with Gasteiger partial charge in [-0.05, 0) is 24.1 Å². The molecule has 1 aliphatic heterocycles. The molecule has 0 atom stereocenters. The van der Waals surface area contributed by atoms with Crippen molar-refractivity contribution in [3.63, 3.8) is 0 Å². The summed E-state index contributed by atoms with van der Waals surface area (Å²) in [6, 6.07) is 5.99. The molecule has 6 heteroatoms. The van der Waals surface area contributed by atoms with Crippen molar-refractivity contribution < 1.29 is 9.47 Å². The minimum Gasteiger partial charge on any atom is -0.486 e. The average molecular weight is 292 g/mol. The van der Waals surface area contributed by atoms with E-state index in [0.717, 1.165) is 24.5 Å². The number of hydrogen-bond donors (Lipinski definition) is 1. The Labute approximate surface area is 121 Å². The van der Waals surface area contributed by atoms with E-state index in [9.17, 15) is 0 Å². The predicted octanol–water partition coefficient (Wildman–Crippen LogP) is 2.56. The quantitative estimate of drug-likeness (QED) is 0.938. The van der Waals surface area contributed by atoms with Crippen molar-refractivity contribution >= 4 is 17.4 Å². The van der Waals surface area contributed by atoms with Gasteiger partial charge in [0.15, 0.2) is 22.5 Å². The fourth-order valence-electron chi connectivity index (χ4n) is 2.01.